The van der Waals surface area contributed by atoms with Crippen LogP contribution in [0.5, 0.6) is 11.5 Å². The van der Waals surface area contributed by atoms with Crippen molar-refractivity contribution in [1.82, 2.24) is 0 Å². The molecule has 60 heavy (non-hydrogen) atoms. The molecule has 2 N–H and O–H groups in total. The molecule has 6 nitrogen and oxygen atoms in total. The zero-order valence-corrected chi connectivity index (χ0v) is 33.5. The summed E-state index contributed by atoms with van der Waals surface area (Å²) in [6.07, 6.45) is 0. The highest BCUT2D eigenvalue weighted by Gasteiger charge is 2.28. The highest BCUT2D eigenvalue weighted by Crippen LogP contribution is 2.32. The number of hydrogen-bond acceptors (Lipinski definition) is 4. The van der Waals surface area contributed by atoms with Gasteiger partial charge in [0.2, 0.25) is 0 Å². The molecule has 8 rings (SSSR count). The number of hydrogen-bond donors (Lipinski definition) is 2. The average molecular weight is 837 g/mol. The molecule has 0 saturated carbocycles. The summed E-state index contributed by atoms with van der Waals surface area (Å²) in [5.74, 6) is -6.38. The first-order valence-corrected chi connectivity index (χ1v) is 20.8. The van der Waals surface area contributed by atoms with Gasteiger partial charge in [-0.05, 0) is 103 Å². The minimum absolute atomic E-state index is 0.0146. The Kier molecular flexibility index (Phi) is 16.6. The zero-order valence-electron chi connectivity index (χ0n) is 31.9. The van der Waals surface area contributed by atoms with Gasteiger partial charge in [-0.15, -0.1) is 0 Å². The minimum Gasteiger partial charge on any atom is -0.872 e. The molecule has 0 aliphatic carbocycles. The number of carboxylic acid groups (broad SMARTS) is 2. The molecule has 0 fully saturated rings. The van der Waals surface area contributed by atoms with Crippen molar-refractivity contribution in [3.05, 3.63) is 241 Å². The number of carboxylic acids is 2. The Bertz CT molecular complexity index is 2230. The van der Waals surface area contributed by atoms with E-state index in [1.165, 1.54) is 35.4 Å². The van der Waals surface area contributed by atoms with Gasteiger partial charge >= 0.3 is 11.9 Å². The molecule has 10 heteroatoms. The summed E-state index contributed by atoms with van der Waals surface area (Å²) in [6, 6.07) is 70.0. The second-order valence-electron chi connectivity index (χ2n) is 12.4. The van der Waals surface area contributed by atoms with Gasteiger partial charge in [0.25, 0.3) is 0 Å². The van der Waals surface area contributed by atoms with Gasteiger partial charge in [0.15, 0.2) is 29.4 Å². The molecule has 0 aromatic heterocycles. The van der Waals surface area contributed by atoms with Crippen LogP contribution in [0.4, 0.5) is 8.78 Å². The van der Waals surface area contributed by atoms with Crippen molar-refractivity contribution in [2.45, 2.75) is 29.4 Å². The molecule has 0 heterocycles. The summed E-state index contributed by atoms with van der Waals surface area (Å²) in [6.45, 7) is 0. The Labute approximate surface area is 353 Å². The largest absolute Gasteiger partial charge is 0.872 e. The van der Waals surface area contributed by atoms with E-state index in [-0.39, 0.29) is 21.8 Å². The van der Waals surface area contributed by atoms with Crippen LogP contribution in [0.1, 0.15) is 20.7 Å². The van der Waals surface area contributed by atoms with E-state index in [1.54, 1.807) is 0 Å². The molecular formula is C50H38F2O6S2. The van der Waals surface area contributed by atoms with Crippen LogP contribution in [0.2, 0.25) is 0 Å². The Morgan fingerprint density at radius 1 is 0.383 bits per heavy atom. The molecule has 8 aromatic rings. The van der Waals surface area contributed by atoms with Crippen molar-refractivity contribution in [3.8, 4) is 11.5 Å². The summed E-state index contributed by atoms with van der Waals surface area (Å²) < 4.78 is 24.6. The molecule has 8 aromatic carbocycles. The van der Waals surface area contributed by atoms with Gasteiger partial charge < -0.3 is 20.4 Å². The van der Waals surface area contributed by atoms with Gasteiger partial charge in [0.1, 0.15) is 11.6 Å². The quantitative estimate of drug-likeness (QED) is 0.147. The lowest BCUT2D eigenvalue weighted by atomic mass is 10.2. The number of benzene rings is 8. The second kappa shape index (κ2) is 22.7. The number of aromatic carboxylic acids is 2. The maximum Gasteiger partial charge on any atom is 0.335 e. The van der Waals surface area contributed by atoms with E-state index in [0.717, 1.165) is 24.3 Å². The Hall–Kier alpha value is -7.14. The molecule has 0 radical (unpaired) electrons. The first kappa shape index (κ1) is 44.0. The lowest BCUT2D eigenvalue weighted by Crippen LogP contribution is -2.05. The molecule has 0 bridgehead atoms. The van der Waals surface area contributed by atoms with Crippen LogP contribution in [0.25, 0.3) is 0 Å². The van der Waals surface area contributed by atoms with Crippen LogP contribution in [0.3, 0.4) is 0 Å². The number of halogens is 2. The predicted molar refractivity (Wildman–Crippen MR) is 229 cm³/mol. The van der Waals surface area contributed by atoms with Gasteiger partial charge in [-0.1, -0.05) is 127 Å². The molecule has 0 aliphatic rings. The van der Waals surface area contributed by atoms with Gasteiger partial charge in [0.05, 0.1) is 32.9 Å². The average Bonchev–Trinajstić information content (AvgIpc) is 3.28. The fourth-order valence-electron chi connectivity index (χ4n) is 5.51. The monoisotopic (exact) mass is 836 g/mol. The normalized spacial score (nSPS) is 10.2. The molecule has 0 aliphatic heterocycles. The third-order valence-corrected chi connectivity index (χ3v) is 12.7. The fourth-order valence-corrected chi connectivity index (χ4v) is 9.71. The van der Waals surface area contributed by atoms with Crippen molar-refractivity contribution >= 4 is 33.7 Å². The standard InChI is InChI=1S/2C18H15S.2C7H5FO3/c2*1-4-10-16(11-5-1)19(17-12-6-2-7-13-17)18-14-8-3-9-15-18;8-4-1-2-5(7(10)11)6(9)3-4;8-5-3-1-2-4(6(5)9)7(10)11/h2*1-15H;2*1-3,9H,(H,10,11)/q2*+1;;/p-2. The summed E-state index contributed by atoms with van der Waals surface area (Å²) in [5, 5.41) is 38.0. The molecular weight excluding hydrogens is 799 g/mol. The van der Waals surface area contributed by atoms with E-state index in [0.29, 0.717) is 6.07 Å². The lowest BCUT2D eigenvalue weighted by molar-refractivity contribution is -0.273. The van der Waals surface area contributed by atoms with E-state index >= 15 is 0 Å². The zero-order chi connectivity index (χ0) is 42.7. The molecule has 300 valence electrons. The van der Waals surface area contributed by atoms with Crippen molar-refractivity contribution in [1.29, 1.82) is 0 Å². The SMILES string of the molecule is O=C(O)c1ccc(F)cc1[O-].O=C(O)c1cccc(F)c1[O-].c1ccc([S+](c2ccccc2)c2ccccc2)cc1.c1ccc([S+](c2ccccc2)c2ccccc2)cc1. The Morgan fingerprint density at radius 3 is 0.933 bits per heavy atom. The van der Waals surface area contributed by atoms with Crippen molar-refractivity contribution in [2.24, 2.45) is 0 Å². The highest BCUT2D eigenvalue weighted by molar-refractivity contribution is 7.97. The van der Waals surface area contributed by atoms with Crippen LogP contribution >= 0.6 is 0 Å². The van der Waals surface area contributed by atoms with Crippen LogP contribution < -0.4 is 10.2 Å². The van der Waals surface area contributed by atoms with E-state index < -0.39 is 46.2 Å². The van der Waals surface area contributed by atoms with Gasteiger partial charge in [-0.2, -0.15) is 0 Å². The first-order valence-electron chi connectivity index (χ1n) is 18.3. The lowest BCUT2D eigenvalue weighted by Gasteiger charge is -2.09. The summed E-state index contributed by atoms with van der Waals surface area (Å²) in [5.41, 5.74) is -0.948. The van der Waals surface area contributed by atoms with E-state index in [2.05, 4.69) is 182 Å². The predicted octanol–water partition coefficient (Wildman–Crippen LogP) is 10.8. The van der Waals surface area contributed by atoms with Gasteiger partial charge in [0, 0.05) is 0 Å². The summed E-state index contributed by atoms with van der Waals surface area (Å²) in [7, 11) is -0.0293. The Balaban J connectivity index is 0.000000157. The molecule has 0 amide bonds. The van der Waals surface area contributed by atoms with Crippen molar-refractivity contribution in [2.75, 3.05) is 0 Å². The fraction of sp³-hybridized carbons (Fsp3) is 0. The molecule has 0 saturated heterocycles. The number of rotatable bonds is 8. The van der Waals surface area contributed by atoms with Crippen LogP contribution in [0.15, 0.2) is 248 Å². The van der Waals surface area contributed by atoms with Gasteiger partial charge in [-0.25, -0.2) is 18.4 Å². The third-order valence-electron chi connectivity index (χ3n) is 8.24. The Morgan fingerprint density at radius 2 is 0.683 bits per heavy atom. The first-order chi connectivity index (χ1) is 29.1. The van der Waals surface area contributed by atoms with E-state index in [1.807, 2.05) is 0 Å². The maximum absolute atomic E-state index is 12.4. The third kappa shape index (κ3) is 12.7. The van der Waals surface area contributed by atoms with Crippen molar-refractivity contribution in [3.63, 3.8) is 0 Å². The summed E-state index contributed by atoms with van der Waals surface area (Å²) in [4.78, 5) is 28.6. The molecule has 0 unspecified atom stereocenters. The van der Waals surface area contributed by atoms with Crippen LogP contribution in [-0.2, 0) is 21.8 Å². The highest BCUT2D eigenvalue weighted by atomic mass is 32.2. The van der Waals surface area contributed by atoms with Crippen LogP contribution in [-0.4, -0.2) is 22.2 Å². The number of carbonyl (C=O) groups is 2. The smallest absolute Gasteiger partial charge is 0.335 e. The number of para-hydroxylation sites is 1. The van der Waals surface area contributed by atoms with Crippen LogP contribution in [0, 0.1) is 11.6 Å². The van der Waals surface area contributed by atoms with E-state index in [4.69, 9.17) is 10.2 Å². The maximum atomic E-state index is 12.4. The molecule has 0 spiro atoms. The van der Waals surface area contributed by atoms with E-state index in [9.17, 15) is 28.6 Å². The van der Waals surface area contributed by atoms with Gasteiger partial charge in [-0.3, -0.25) is 0 Å². The topological polar surface area (TPSA) is 121 Å². The minimum atomic E-state index is -1.41. The second-order valence-corrected chi connectivity index (χ2v) is 16.4. The summed E-state index contributed by atoms with van der Waals surface area (Å²) >= 11 is 0. The van der Waals surface area contributed by atoms with Crippen molar-refractivity contribution < 1.29 is 38.8 Å². The molecule has 0 atom stereocenters.